The predicted molar refractivity (Wildman–Crippen MR) is 36.1 cm³/mol. The standard InChI is InChI=1S/C6H10FN3/c7-2-4-10-6(5-8)1-3-9-10/h1,3H,2,4-5,8H2. The second-order valence-corrected chi connectivity index (χ2v) is 1.94. The van der Waals surface area contributed by atoms with Gasteiger partial charge in [-0.05, 0) is 6.07 Å². The summed E-state index contributed by atoms with van der Waals surface area (Å²) in [6.45, 7) is 0.328. The maximum Gasteiger partial charge on any atom is 0.109 e. The number of nitrogens with zero attached hydrogens (tertiary/aromatic N) is 2. The monoisotopic (exact) mass is 143 g/mol. The van der Waals surface area contributed by atoms with E-state index in [2.05, 4.69) is 5.10 Å². The molecule has 10 heavy (non-hydrogen) atoms. The molecule has 1 aromatic rings. The van der Waals surface area contributed by atoms with Crippen LogP contribution in [0.5, 0.6) is 0 Å². The molecule has 4 heteroatoms. The first-order valence-electron chi connectivity index (χ1n) is 3.15. The van der Waals surface area contributed by atoms with Crippen molar-refractivity contribution in [2.24, 2.45) is 5.73 Å². The third-order valence-electron chi connectivity index (χ3n) is 1.31. The molecule has 1 aromatic heterocycles. The number of rotatable bonds is 3. The number of hydrogen-bond donors (Lipinski definition) is 1. The van der Waals surface area contributed by atoms with Gasteiger partial charge in [-0.1, -0.05) is 0 Å². The van der Waals surface area contributed by atoms with Crippen LogP contribution in [-0.2, 0) is 13.1 Å². The zero-order valence-corrected chi connectivity index (χ0v) is 5.63. The number of aromatic nitrogens is 2. The number of hydrogen-bond acceptors (Lipinski definition) is 2. The van der Waals surface area contributed by atoms with Gasteiger partial charge in [0.2, 0.25) is 0 Å². The molecule has 2 N–H and O–H groups in total. The Hall–Kier alpha value is -0.900. The summed E-state index contributed by atoms with van der Waals surface area (Å²) in [6.07, 6.45) is 1.62. The maximum atomic E-state index is 11.8. The van der Waals surface area contributed by atoms with Gasteiger partial charge in [-0.3, -0.25) is 4.68 Å². The van der Waals surface area contributed by atoms with Crippen molar-refractivity contribution in [1.82, 2.24) is 9.78 Å². The summed E-state index contributed by atoms with van der Waals surface area (Å²) in [5, 5.41) is 3.87. The number of nitrogens with two attached hydrogens (primary N) is 1. The van der Waals surface area contributed by atoms with Gasteiger partial charge in [-0.2, -0.15) is 5.10 Å². The maximum absolute atomic E-state index is 11.8. The highest BCUT2D eigenvalue weighted by Crippen LogP contribution is 1.96. The van der Waals surface area contributed by atoms with Crippen molar-refractivity contribution >= 4 is 0 Å². The van der Waals surface area contributed by atoms with E-state index in [0.717, 1.165) is 5.69 Å². The van der Waals surface area contributed by atoms with Crippen molar-refractivity contribution in [3.63, 3.8) is 0 Å². The molecule has 0 aliphatic heterocycles. The molecule has 0 saturated heterocycles. The Morgan fingerprint density at radius 3 is 3.10 bits per heavy atom. The van der Waals surface area contributed by atoms with Crippen LogP contribution in [0, 0.1) is 0 Å². The minimum atomic E-state index is -0.394. The summed E-state index contributed by atoms with van der Waals surface area (Å²) in [5.41, 5.74) is 6.21. The van der Waals surface area contributed by atoms with Crippen molar-refractivity contribution in [3.8, 4) is 0 Å². The van der Waals surface area contributed by atoms with E-state index in [4.69, 9.17) is 5.73 Å². The van der Waals surface area contributed by atoms with Crippen LogP contribution in [0.25, 0.3) is 0 Å². The fourth-order valence-corrected chi connectivity index (χ4v) is 0.815. The van der Waals surface area contributed by atoms with Gasteiger partial charge in [0.05, 0.1) is 12.2 Å². The lowest BCUT2D eigenvalue weighted by Crippen LogP contribution is -2.09. The zero-order chi connectivity index (χ0) is 7.40. The van der Waals surface area contributed by atoms with Gasteiger partial charge in [0, 0.05) is 12.7 Å². The molecule has 0 aromatic carbocycles. The lowest BCUT2D eigenvalue weighted by atomic mass is 10.4. The molecule has 0 atom stereocenters. The normalized spacial score (nSPS) is 10.2. The van der Waals surface area contributed by atoms with Gasteiger partial charge < -0.3 is 5.73 Å². The lowest BCUT2D eigenvalue weighted by molar-refractivity contribution is 0.420. The minimum absolute atomic E-state index is 0.305. The summed E-state index contributed by atoms with van der Waals surface area (Å²) in [7, 11) is 0. The van der Waals surface area contributed by atoms with Gasteiger partial charge in [0.1, 0.15) is 6.67 Å². The van der Waals surface area contributed by atoms with E-state index in [1.54, 1.807) is 16.9 Å². The summed E-state index contributed by atoms with van der Waals surface area (Å²) < 4.78 is 13.3. The first kappa shape index (κ1) is 7.21. The zero-order valence-electron chi connectivity index (χ0n) is 5.63. The highest BCUT2D eigenvalue weighted by atomic mass is 19.1. The molecule has 0 aliphatic rings. The molecule has 0 saturated carbocycles. The topological polar surface area (TPSA) is 43.8 Å². The van der Waals surface area contributed by atoms with E-state index >= 15 is 0 Å². The fraction of sp³-hybridized carbons (Fsp3) is 0.500. The Balaban J connectivity index is 2.70. The molecule has 0 unspecified atom stereocenters. The molecule has 0 spiro atoms. The summed E-state index contributed by atoms with van der Waals surface area (Å²) in [6, 6.07) is 1.79. The quantitative estimate of drug-likeness (QED) is 0.661. The van der Waals surface area contributed by atoms with Crippen LogP contribution in [0.2, 0.25) is 0 Å². The molecule has 0 aliphatic carbocycles. The molecule has 1 heterocycles. The average molecular weight is 143 g/mol. The molecule has 0 radical (unpaired) electrons. The van der Waals surface area contributed by atoms with E-state index in [-0.39, 0.29) is 0 Å². The van der Waals surface area contributed by atoms with Crippen LogP contribution >= 0.6 is 0 Å². The summed E-state index contributed by atoms with van der Waals surface area (Å²) >= 11 is 0. The molecule has 56 valence electrons. The van der Waals surface area contributed by atoms with Crippen molar-refractivity contribution < 1.29 is 4.39 Å². The van der Waals surface area contributed by atoms with Crippen molar-refractivity contribution in [1.29, 1.82) is 0 Å². The van der Waals surface area contributed by atoms with Crippen LogP contribution in [0.1, 0.15) is 5.69 Å². The first-order chi connectivity index (χ1) is 4.88. The van der Waals surface area contributed by atoms with Crippen LogP contribution in [0.3, 0.4) is 0 Å². The Morgan fingerprint density at radius 2 is 2.50 bits per heavy atom. The Bertz CT molecular complexity index is 197. The summed E-state index contributed by atoms with van der Waals surface area (Å²) in [5.74, 6) is 0. The van der Waals surface area contributed by atoms with Gasteiger partial charge in [0.15, 0.2) is 0 Å². The van der Waals surface area contributed by atoms with Gasteiger partial charge in [-0.15, -0.1) is 0 Å². The van der Waals surface area contributed by atoms with Crippen LogP contribution < -0.4 is 5.73 Å². The molecule has 0 bridgehead atoms. The van der Waals surface area contributed by atoms with Crippen LogP contribution in [-0.4, -0.2) is 16.5 Å². The number of halogens is 1. The number of alkyl halides is 1. The molecule has 1 rings (SSSR count). The molecular weight excluding hydrogens is 133 g/mol. The predicted octanol–water partition coefficient (Wildman–Crippen LogP) is 0.311. The smallest absolute Gasteiger partial charge is 0.109 e. The van der Waals surface area contributed by atoms with Gasteiger partial charge >= 0.3 is 0 Å². The van der Waals surface area contributed by atoms with E-state index in [1.165, 1.54) is 0 Å². The third kappa shape index (κ3) is 1.33. The molecule has 3 nitrogen and oxygen atoms in total. The van der Waals surface area contributed by atoms with E-state index in [0.29, 0.717) is 13.1 Å². The van der Waals surface area contributed by atoms with Gasteiger partial charge in [0.25, 0.3) is 0 Å². The third-order valence-corrected chi connectivity index (χ3v) is 1.31. The van der Waals surface area contributed by atoms with E-state index in [9.17, 15) is 4.39 Å². The Labute approximate surface area is 58.6 Å². The van der Waals surface area contributed by atoms with Crippen molar-refractivity contribution in [3.05, 3.63) is 18.0 Å². The van der Waals surface area contributed by atoms with Crippen LogP contribution in [0.15, 0.2) is 12.3 Å². The SMILES string of the molecule is NCc1ccnn1CCF. The van der Waals surface area contributed by atoms with E-state index < -0.39 is 6.67 Å². The largest absolute Gasteiger partial charge is 0.325 e. The second-order valence-electron chi connectivity index (χ2n) is 1.94. The Morgan fingerprint density at radius 1 is 1.70 bits per heavy atom. The molecule has 0 amide bonds. The minimum Gasteiger partial charge on any atom is -0.325 e. The van der Waals surface area contributed by atoms with Crippen LogP contribution in [0.4, 0.5) is 4.39 Å². The van der Waals surface area contributed by atoms with E-state index in [1.807, 2.05) is 0 Å². The second kappa shape index (κ2) is 3.31. The number of aryl methyl sites for hydroxylation is 1. The van der Waals surface area contributed by atoms with Crippen molar-refractivity contribution in [2.75, 3.05) is 6.67 Å². The first-order valence-corrected chi connectivity index (χ1v) is 3.15. The highest BCUT2D eigenvalue weighted by Gasteiger charge is 1.97. The fourth-order valence-electron chi connectivity index (χ4n) is 0.815. The molecular formula is C6H10FN3. The summed E-state index contributed by atoms with van der Waals surface area (Å²) in [4.78, 5) is 0. The van der Waals surface area contributed by atoms with Gasteiger partial charge in [-0.25, -0.2) is 4.39 Å². The highest BCUT2D eigenvalue weighted by molar-refractivity contribution is 4.99. The Kier molecular flexibility index (Phi) is 2.39. The average Bonchev–Trinajstić information content (AvgIpc) is 2.36. The lowest BCUT2D eigenvalue weighted by Gasteiger charge is -2.00. The van der Waals surface area contributed by atoms with Crippen molar-refractivity contribution in [2.45, 2.75) is 13.1 Å². The molecule has 0 fully saturated rings.